The van der Waals surface area contributed by atoms with Crippen LogP contribution in [-0.4, -0.2) is 21.6 Å². The second-order valence-corrected chi connectivity index (χ2v) is 6.98. The summed E-state index contributed by atoms with van der Waals surface area (Å²) < 4.78 is 0. The van der Waals surface area contributed by atoms with Crippen LogP contribution in [0.4, 0.5) is 5.82 Å². The van der Waals surface area contributed by atoms with Crippen LogP contribution in [-0.2, 0) is 17.6 Å². The summed E-state index contributed by atoms with van der Waals surface area (Å²) in [5.41, 5.74) is 3.48. The van der Waals surface area contributed by atoms with Crippen molar-refractivity contribution in [2.75, 3.05) is 11.1 Å². The molecule has 0 bridgehead atoms. The molecule has 120 valence electrons. The van der Waals surface area contributed by atoms with E-state index in [-0.39, 0.29) is 5.91 Å². The Balaban J connectivity index is 1.43. The summed E-state index contributed by atoms with van der Waals surface area (Å²) in [5, 5.41) is 2.95. The smallest absolute Gasteiger partial charge is 0.225 e. The Bertz CT molecular complexity index is 685. The van der Waals surface area contributed by atoms with Crippen molar-refractivity contribution in [2.24, 2.45) is 0 Å². The van der Waals surface area contributed by atoms with E-state index >= 15 is 0 Å². The second-order valence-electron chi connectivity index (χ2n) is 5.81. The van der Waals surface area contributed by atoms with Gasteiger partial charge in [0, 0.05) is 22.6 Å². The number of amides is 1. The molecule has 1 heterocycles. The van der Waals surface area contributed by atoms with Crippen LogP contribution in [0.2, 0.25) is 0 Å². The van der Waals surface area contributed by atoms with Crippen molar-refractivity contribution in [3.8, 4) is 0 Å². The molecule has 0 unspecified atom stereocenters. The molecule has 5 heteroatoms. The molecule has 0 radical (unpaired) electrons. The summed E-state index contributed by atoms with van der Waals surface area (Å²) in [6.45, 7) is 2.09. The van der Waals surface area contributed by atoms with Crippen LogP contribution in [0.5, 0.6) is 0 Å². The SMILES string of the molecule is Cc1ccc(SCCCC(=O)Nc2ncnc3c2CCC3)cc1. The number of aromatic nitrogens is 2. The molecule has 1 aliphatic carbocycles. The van der Waals surface area contributed by atoms with Gasteiger partial charge < -0.3 is 5.32 Å². The molecule has 0 saturated heterocycles. The molecule has 1 aliphatic rings. The number of rotatable bonds is 6. The molecule has 1 aromatic carbocycles. The molecule has 1 N–H and O–H groups in total. The minimum absolute atomic E-state index is 0.0438. The fourth-order valence-electron chi connectivity index (χ4n) is 2.72. The minimum Gasteiger partial charge on any atom is -0.310 e. The monoisotopic (exact) mass is 327 g/mol. The van der Waals surface area contributed by atoms with Gasteiger partial charge in [-0.3, -0.25) is 4.79 Å². The Kier molecular flexibility index (Phi) is 5.28. The van der Waals surface area contributed by atoms with E-state index in [2.05, 4.69) is 46.5 Å². The van der Waals surface area contributed by atoms with Crippen molar-refractivity contribution in [1.82, 2.24) is 9.97 Å². The lowest BCUT2D eigenvalue weighted by Crippen LogP contribution is -2.14. The molecule has 1 aromatic heterocycles. The first-order chi connectivity index (χ1) is 11.2. The number of fused-ring (bicyclic) bond motifs is 1. The van der Waals surface area contributed by atoms with Gasteiger partial charge in [-0.1, -0.05) is 17.7 Å². The molecule has 0 spiro atoms. The Morgan fingerprint density at radius 1 is 1.22 bits per heavy atom. The number of benzene rings is 1. The van der Waals surface area contributed by atoms with Crippen LogP contribution in [0.3, 0.4) is 0 Å². The van der Waals surface area contributed by atoms with Crippen molar-refractivity contribution in [3.05, 3.63) is 47.4 Å². The van der Waals surface area contributed by atoms with Crippen molar-refractivity contribution >= 4 is 23.5 Å². The van der Waals surface area contributed by atoms with E-state index in [9.17, 15) is 4.79 Å². The lowest BCUT2D eigenvalue weighted by atomic mass is 10.2. The van der Waals surface area contributed by atoms with E-state index in [0.717, 1.165) is 42.7 Å². The third-order valence-corrected chi connectivity index (χ3v) is 5.07. The summed E-state index contributed by atoms with van der Waals surface area (Å²) in [7, 11) is 0. The first kappa shape index (κ1) is 16.0. The fourth-order valence-corrected chi connectivity index (χ4v) is 3.57. The van der Waals surface area contributed by atoms with Crippen LogP contribution in [0, 0.1) is 6.92 Å². The van der Waals surface area contributed by atoms with Gasteiger partial charge in [0.1, 0.15) is 12.1 Å². The Labute approximate surface area is 141 Å². The number of hydrogen-bond donors (Lipinski definition) is 1. The average molecular weight is 327 g/mol. The Hall–Kier alpha value is -1.88. The zero-order valence-electron chi connectivity index (χ0n) is 13.3. The number of aryl methyl sites for hydroxylation is 2. The van der Waals surface area contributed by atoms with Crippen LogP contribution >= 0.6 is 11.8 Å². The largest absolute Gasteiger partial charge is 0.310 e. The summed E-state index contributed by atoms with van der Waals surface area (Å²) >= 11 is 1.79. The topological polar surface area (TPSA) is 54.9 Å². The lowest BCUT2D eigenvalue weighted by molar-refractivity contribution is -0.116. The van der Waals surface area contributed by atoms with Gasteiger partial charge in [-0.2, -0.15) is 0 Å². The third kappa shape index (κ3) is 4.32. The van der Waals surface area contributed by atoms with Crippen LogP contribution in [0.1, 0.15) is 36.1 Å². The normalized spacial score (nSPS) is 12.9. The quantitative estimate of drug-likeness (QED) is 0.648. The molecule has 0 saturated carbocycles. The zero-order chi connectivity index (χ0) is 16.1. The molecule has 3 rings (SSSR count). The predicted octanol–water partition coefficient (Wildman–Crippen LogP) is 3.78. The first-order valence-electron chi connectivity index (χ1n) is 8.04. The number of nitrogens with zero attached hydrogens (tertiary/aromatic N) is 2. The molecule has 0 fully saturated rings. The van der Waals surface area contributed by atoms with Gasteiger partial charge in [-0.05, 0) is 50.5 Å². The second kappa shape index (κ2) is 7.59. The number of anilines is 1. The van der Waals surface area contributed by atoms with E-state index in [1.807, 2.05) is 0 Å². The van der Waals surface area contributed by atoms with E-state index in [1.165, 1.54) is 10.5 Å². The van der Waals surface area contributed by atoms with E-state index in [1.54, 1.807) is 18.1 Å². The summed E-state index contributed by atoms with van der Waals surface area (Å²) in [4.78, 5) is 21.8. The summed E-state index contributed by atoms with van der Waals surface area (Å²) in [6, 6.07) is 8.49. The minimum atomic E-state index is 0.0438. The molecule has 0 atom stereocenters. The lowest BCUT2D eigenvalue weighted by Gasteiger charge is -2.08. The molecule has 1 amide bonds. The van der Waals surface area contributed by atoms with Crippen molar-refractivity contribution in [2.45, 2.75) is 43.9 Å². The standard InChI is InChI=1S/C18H21N3OS/c1-13-7-9-14(10-8-13)23-11-3-6-17(22)21-18-15-4-2-5-16(15)19-12-20-18/h7-10,12H,2-6,11H2,1H3,(H,19,20,21,22). The van der Waals surface area contributed by atoms with Crippen molar-refractivity contribution < 1.29 is 4.79 Å². The Morgan fingerprint density at radius 3 is 2.87 bits per heavy atom. The van der Waals surface area contributed by atoms with Crippen LogP contribution < -0.4 is 5.32 Å². The highest BCUT2D eigenvalue weighted by Crippen LogP contribution is 2.25. The van der Waals surface area contributed by atoms with Crippen LogP contribution in [0.25, 0.3) is 0 Å². The molecule has 2 aromatic rings. The molecule has 0 aliphatic heterocycles. The number of carbonyl (C=O) groups excluding carboxylic acids is 1. The van der Waals surface area contributed by atoms with E-state index in [4.69, 9.17) is 0 Å². The number of thioether (sulfide) groups is 1. The number of hydrogen-bond acceptors (Lipinski definition) is 4. The molecule has 4 nitrogen and oxygen atoms in total. The van der Waals surface area contributed by atoms with E-state index < -0.39 is 0 Å². The van der Waals surface area contributed by atoms with Gasteiger partial charge in [0.15, 0.2) is 0 Å². The predicted molar refractivity (Wildman–Crippen MR) is 93.8 cm³/mol. The van der Waals surface area contributed by atoms with Gasteiger partial charge >= 0.3 is 0 Å². The maximum Gasteiger partial charge on any atom is 0.225 e. The Morgan fingerprint density at radius 2 is 2.04 bits per heavy atom. The van der Waals surface area contributed by atoms with Crippen molar-refractivity contribution in [3.63, 3.8) is 0 Å². The number of carbonyl (C=O) groups is 1. The van der Waals surface area contributed by atoms with Gasteiger partial charge in [0.25, 0.3) is 0 Å². The van der Waals surface area contributed by atoms with Crippen LogP contribution in [0.15, 0.2) is 35.5 Å². The van der Waals surface area contributed by atoms with Gasteiger partial charge in [0.2, 0.25) is 5.91 Å². The highest BCUT2D eigenvalue weighted by molar-refractivity contribution is 7.99. The van der Waals surface area contributed by atoms with Gasteiger partial charge in [-0.15, -0.1) is 11.8 Å². The fraction of sp³-hybridized carbons (Fsp3) is 0.389. The zero-order valence-corrected chi connectivity index (χ0v) is 14.2. The summed E-state index contributed by atoms with van der Waals surface area (Å²) in [5.74, 6) is 1.70. The maximum atomic E-state index is 12.1. The van der Waals surface area contributed by atoms with E-state index in [0.29, 0.717) is 12.2 Å². The van der Waals surface area contributed by atoms with Gasteiger partial charge in [0.05, 0.1) is 0 Å². The average Bonchev–Trinajstić information content (AvgIpc) is 3.03. The van der Waals surface area contributed by atoms with Crippen molar-refractivity contribution in [1.29, 1.82) is 0 Å². The third-order valence-electron chi connectivity index (χ3n) is 3.97. The number of nitrogens with one attached hydrogen (secondary N) is 1. The molecular formula is C18H21N3OS. The maximum absolute atomic E-state index is 12.1. The highest BCUT2D eigenvalue weighted by atomic mass is 32.2. The summed E-state index contributed by atoms with van der Waals surface area (Å²) in [6.07, 6.45) is 6.00. The van der Waals surface area contributed by atoms with Gasteiger partial charge in [-0.25, -0.2) is 9.97 Å². The molecular weight excluding hydrogens is 306 g/mol. The molecule has 23 heavy (non-hydrogen) atoms. The highest BCUT2D eigenvalue weighted by Gasteiger charge is 2.18. The first-order valence-corrected chi connectivity index (χ1v) is 9.03.